The zero-order valence-corrected chi connectivity index (χ0v) is 28.4. The Morgan fingerprint density at radius 3 is 1.89 bits per heavy atom. The van der Waals surface area contributed by atoms with Gasteiger partial charge >= 0.3 is 0 Å². The van der Waals surface area contributed by atoms with Crippen LogP contribution in [0.25, 0.3) is 0 Å². The van der Waals surface area contributed by atoms with Crippen LogP contribution in [-0.4, -0.2) is 74.1 Å². The molecule has 0 aliphatic rings. The first-order chi connectivity index (χ1) is 21.7. The zero-order chi connectivity index (χ0) is 34.3. The Balaban J connectivity index is 1.94. The van der Waals surface area contributed by atoms with Gasteiger partial charge in [-0.25, -0.2) is 0 Å². The quantitative estimate of drug-likeness (QED) is 0.128. The molecule has 2 rings (SSSR count). The molecule has 10 nitrogen and oxygen atoms in total. The number of primary amides is 1. The maximum atomic E-state index is 13.6. The minimum atomic E-state index is -1.03. The summed E-state index contributed by atoms with van der Waals surface area (Å²) in [5.74, 6) is -1.77. The van der Waals surface area contributed by atoms with Crippen molar-refractivity contribution in [3.05, 3.63) is 71.3 Å². The predicted octanol–water partition coefficient (Wildman–Crippen LogP) is 3.94. The van der Waals surface area contributed by atoms with Crippen LogP contribution in [0.15, 0.2) is 54.6 Å². The van der Waals surface area contributed by atoms with Gasteiger partial charge in [0.05, 0.1) is 0 Å². The predicted molar refractivity (Wildman–Crippen MR) is 181 cm³/mol. The van der Waals surface area contributed by atoms with Gasteiger partial charge in [0, 0.05) is 53.1 Å². The van der Waals surface area contributed by atoms with Gasteiger partial charge in [-0.2, -0.15) is 0 Å². The Kier molecular flexibility index (Phi) is 15.1. The van der Waals surface area contributed by atoms with Gasteiger partial charge in [-0.15, -0.1) is 0 Å². The molecule has 0 bridgehead atoms. The molecule has 0 spiro atoms. The molecule has 5 N–H and O–H groups in total. The molecule has 2 unspecified atom stereocenters. The third-order valence-electron chi connectivity index (χ3n) is 8.50. The number of carbonyl (C=O) groups is 5. The summed E-state index contributed by atoms with van der Waals surface area (Å²) in [6.45, 7) is 12.3. The fourth-order valence-corrected chi connectivity index (χ4v) is 5.58. The second-order valence-corrected chi connectivity index (χ2v) is 13.0. The Hall–Kier alpha value is -4.05. The van der Waals surface area contributed by atoms with E-state index in [9.17, 15) is 24.0 Å². The van der Waals surface area contributed by atoms with E-state index in [1.54, 1.807) is 55.5 Å². The maximum Gasteiger partial charge on any atom is 0.251 e. The lowest BCUT2D eigenvalue weighted by Crippen LogP contribution is -2.48. The number of amides is 4. The second-order valence-electron chi connectivity index (χ2n) is 13.0. The van der Waals surface area contributed by atoms with E-state index in [0.717, 1.165) is 19.5 Å². The SMILES string of the molecule is CCC(CC(C)(CC(C)(C)C(=O)NCCCN(C)CC)C(=O)NCCCNC(=O)c1ccc(C(=O)c2ccccc2)cc1)C(N)=O. The molecule has 0 aromatic heterocycles. The normalized spacial score (nSPS) is 13.4. The summed E-state index contributed by atoms with van der Waals surface area (Å²) < 4.78 is 0. The number of hydrogen-bond donors (Lipinski definition) is 4. The van der Waals surface area contributed by atoms with Crippen molar-refractivity contribution in [1.82, 2.24) is 20.9 Å². The number of carbonyl (C=O) groups excluding carboxylic acids is 5. The van der Waals surface area contributed by atoms with Crippen LogP contribution in [-0.2, 0) is 14.4 Å². The first-order valence-electron chi connectivity index (χ1n) is 16.3. The summed E-state index contributed by atoms with van der Waals surface area (Å²) >= 11 is 0. The highest BCUT2D eigenvalue weighted by Crippen LogP contribution is 2.40. The van der Waals surface area contributed by atoms with Crippen LogP contribution < -0.4 is 21.7 Å². The van der Waals surface area contributed by atoms with Crippen LogP contribution in [0, 0.1) is 16.7 Å². The molecule has 4 amide bonds. The van der Waals surface area contributed by atoms with E-state index in [0.29, 0.717) is 49.2 Å². The smallest absolute Gasteiger partial charge is 0.251 e. The van der Waals surface area contributed by atoms with Crippen molar-refractivity contribution in [2.45, 2.75) is 66.7 Å². The van der Waals surface area contributed by atoms with Gasteiger partial charge in [-0.1, -0.05) is 77.1 Å². The largest absolute Gasteiger partial charge is 0.369 e. The van der Waals surface area contributed by atoms with Crippen LogP contribution in [0.5, 0.6) is 0 Å². The molecule has 0 aliphatic heterocycles. The molecule has 0 heterocycles. The average Bonchev–Trinajstić information content (AvgIpc) is 3.04. The Bertz CT molecular complexity index is 1310. The van der Waals surface area contributed by atoms with Crippen LogP contribution >= 0.6 is 0 Å². The highest BCUT2D eigenvalue weighted by molar-refractivity contribution is 6.09. The van der Waals surface area contributed by atoms with Crippen LogP contribution in [0.2, 0.25) is 0 Å². The highest BCUT2D eigenvalue weighted by atomic mass is 16.2. The van der Waals surface area contributed by atoms with Crippen molar-refractivity contribution in [3.8, 4) is 0 Å². The van der Waals surface area contributed by atoms with Gasteiger partial charge in [0.1, 0.15) is 0 Å². The molecule has 0 aliphatic carbocycles. The van der Waals surface area contributed by atoms with Gasteiger partial charge in [0.15, 0.2) is 5.78 Å². The average molecular weight is 636 g/mol. The number of nitrogens with zero attached hydrogens (tertiary/aromatic N) is 1. The molecule has 0 fully saturated rings. The van der Waals surface area contributed by atoms with Gasteiger partial charge in [0.2, 0.25) is 17.7 Å². The first-order valence-corrected chi connectivity index (χ1v) is 16.3. The molecule has 2 atom stereocenters. The fourth-order valence-electron chi connectivity index (χ4n) is 5.58. The third-order valence-corrected chi connectivity index (χ3v) is 8.50. The van der Waals surface area contributed by atoms with E-state index in [2.05, 4.69) is 27.8 Å². The lowest BCUT2D eigenvalue weighted by molar-refractivity contribution is -0.138. The standard InChI is InChI=1S/C36H53N5O5/c1-7-26(31(37)43)24-36(5,25-35(3,4)33(45)39-22-13-23-41(6)8-2)34(46)40-21-12-20-38-32(44)29-18-16-28(17-19-29)30(42)27-14-10-9-11-15-27/h9-11,14-19,26H,7-8,12-13,20-25H2,1-6H3,(H2,37,43)(H,38,44)(H,39,45)(H,40,46). The first kappa shape index (κ1) is 38.1. The Labute approximate surface area is 274 Å². The summed E-state index contributed by atoms with van der Waals surface area (Å²) in [6.07, 6.45) is 2.24. The molecular weight excluding hydrogens is 582 g/mol. The highest BCUT2D eigenvalue weighted by Gasteiger charge is 2.43. The van der Waals surface area contributed by atoms with Crippen molar-refractivity contribution in [3.63, 3.8) is 0 Å². The van der Waals surface area contributed by atoms with Gasteiger partial charge in [-0.3, -0.25) is 24.0 Å². The maximum absolute atomic E-state index is 13.6. The minimum Gasteiger partial charge on any atom is -0.369 e. The van der Waals surface area contributed by atoms with E-state index in [1.807, 2.05) is 33.9 Å². The van der Waals surface area contributed by atoms with Crippen molar-refractivity contribution in [1.29, 1.82) is 0 Å². The van der Waals surface area contributed by atoms with Gasteiger partial charge in [-0.05, 0) is 64.4 Å². The monoisotopic (exact) mass is 635 g/mol. The van der Waals surface area contributed by atoms with E-state index in [1.165, 1.54) is 0 Å². The van der Waals surface area contributed by atoms with Crippen LogP contribution in [0.4, 0.5) is 0 Å². The van der Waals surface area contributed by atoms with Gasteiger partial charge in [0.25, 0.3) is 5.91 Å². The molecule has 2 aromatic rings. The summed E-state index contributed by atoms with van der Waals surface area (Å²) in [6, 6.07) is 15.4. The van der Waals surface area contributed by atoms with Crippen LogP contribution in [0.3, 0.4) is 0 Å². The topological polar surface area (TPSA) is 151 Å². The lowest BCUT2D eigenvalue weighted by atomic mass is 9.68. The summed E-state index contributed by atoms with van der Waals surface area (Å²) in [5.41, 5.74) is 5.26. The second kappa shape index (κ2) is 18.2. The Morgan fingerprint density at radius 1 is 0.761 bits per heavy atom. The zero-order valence-electron chi connectivity index (χ0n) is 28.4. The van der Waals surface area contributed by atoms with E-state index in [-0.39, 0.29) is 36.3 Å². The number of benzene rings is 2. The van der Waals surface area contributed by atoms with Crippen molar-refractivity contribution in [2.75, 3.05) is 39.8 Å². The Morgan fingerprint density at radius 2 is 1.30 bits per heavy atom. The summed E-state index contributed by atoms with van der Waals surface area (Å²) in [5, 5.41) is 8.81. The lowest BCUT2D eigenvalue weighted by Gasteiger charge is -2.37. The van der Waals surface area contributed by atoms with E-state index in [4.69, 9.17) is 5.73 Å². The minimum absolute atomic E-state index is 0.115. The summed E-state index contributed by atoms with van der Waals surface area (Å²) in [7, 11) is 2.03. The number of nitrogens with two attached hydrogens (primary N) is 1. The molecule has 2 aromatic carbocycles. The molecule has 0 saturated heterocycles. The summed E-state index contributed by atoms with van der Waals surface area (Å²) in [4.78, 5) is 66.4. The molecule has 10 heteroatoms. The van der Waals surface area contributed by atoms with Crippen molar-refractivity contribution >= 4 is 29.4 Å². The number of ketones is 1. The number of hydrogen-bond acceptors (Lipinski definition) is 6. The van der Waals surface area contributed by atoms with E-state index < -0.39 is 22.7 Å². The molecule has 46 heavy (non-hydrogen) atoms. The molecule has 0 saturated carbocycles. The van der Waals surface area contributed by atoms with E-state index >= 15 is 0 Å². The van der Waals surface area contributed by atoms with Crippen molar-refractivity contribution in [2.24, 2.45) is 22.5 Å². The number of nitrogens with one attached hydrogen (secondary N) is 3. The fraction of sp³-hybridized carbons (Fsp3) is 0.528. The van der Waals surface area contributed by atoms with Gasteiger partial charge < -0.3 is 26.6 Å². The molecule has 252 valence electrons. The third kappa shape index (κ3) is 11.7. The van der Waals surface area contributed by atoms with Crippen LogP contribution in [0.1, 0.15) is 93.0 Å². The molecular formula is C36H53N5O5. The van der Waals surface area contributed by atoms with Crippen molar-refractivity contribution < 1.29 is 24.0 Å². The molecule has 0 radical (unpaired) electrons. The number of rotatable bonds is 20.